The molecule has 1 N–H and O–H groups in total. The molecule has 0 radical (unpaired) electrons. The number of pyridine rings is 1. The van der Waals surface area contributed by atoms with Crippen LogP contribution in [0.25, 0.3) is 10.9 Å². The molecule has 0 aliphatic carbocycles. The van der Waals surface area contributed by atoms with Gasteiger partial charge in [0.15, 0.2) is 6.10 Å². The minimum atomic E-state index is -0.925. The number of carbonyl (C=O) groups excluding carboxylic acids is 2. The number of hydrogen-bond acceptors (Lipinski definition) is 7. The number of rotatable bonds is 6. The molecule has 0 fully saturated rings. The summed E-state index contributed by atoms with van der Waals surface area (Å²) in [4.78, 5) is 29.8. The van der Waals surface area contributed by atoms with E-state index >= 15 is 0 Å². The van der Waals surface area contributed by atoms with Crippen molar-refractivity contribution in [3.63, 3.8) is 0 Å². The fourth-order valence-corrected chi connectivity index (χ4v) is 3.44. The van der Waals surface area contributed by atoms with Crippen LogP contribution in [0, 0.1) is 6.92 Å². The van der Waals surface area contributed by atoms with Crippen LogP contribution in [-0.2, 0) is 9.53 Å². The average molecular weight is 398 g/mol. The molecule has 1 amide bonds. The molecule has 1 atom stereocenters. The highest BCUT2D eigenvalue weighted by molar-refractivity contribution is 7.15. The van der Waals surface area contributed by atoms with E-state index in [0.29, 0.717) is 33.7 Å². The number of esters is 1. The number of aryl methyl sites for hydroxylation is 1. The van der Waals surface area contributed by atoms with Gasteiger partial charge in [-0.25, -0.2) is 4.79 Å². The number of nitrogens with one attached hydrogen (secondary N) is 1. The molecule has 1 aromatic carbocycles. The Bertz CT molecular complexity index is 1020. The van der Waals surface area contributed by atoms with Gasteiger partial charge in [-0.2, -0.15) is 0 Å². The maximum atomic E-state index is 12.8. The summed E-state index contributed by atoms with van der Waals surface area (Å²) in [5.41, 5.74) is 1.81. The van der Waals surface area contributed by atoms with Gasteiger partial charge >= 0.3 is 5.97 Å². The van der Waals surface area contributed by atoms with Crippen LogP contribution in [0.15, 0.2) is 30.3 Å². The largest absolute Gasteiger partial charge is 0.449 e. The van der Waals surface area contributed by atoms with E-state index in [1.54, 1.807) is 13.0 Å². The van der Waals surface area contributed by atoms with Gasteiger partial charge in [0.1, 0.15) is 5.01 Å². The van der Waals surface area contributed by atoms with Crippen molar-refractivity contribution in [1.29, 1.82) is 0 Å². The van der Waals surface area contributed by atoms with E-state index in [0.717, 1.165) is 5.01 Å². The summed E-state index contributed by atoms with van der Waals surface area (Å²) in [7, 11) is 0. The van der Waals surface area contributed by atoms with Gasteiger partial charge < -0.3 is 4.74 Å². The number of benzene rings is 1. The fourth-order valence-electron chi connectivity index (χ4n) is 2.70. The van der Waals surface area contributed by atoms with Crippen molar-refractivity contribution >= 4 is 39.2 Å². The molecule has 28 heavy (non-hydrogen) atoms. The third kappa shape index (κ3) is 4.33. The molecule has 3 rings (SSSR count). The molecular formula is C20H22N4O3S. The average Bonchev–Trinajstić information content (AvgIpc) is 3.13. The number of amides is 1. The third-order valence-corrected chi connectivity index (χ3v) is 5.28. The molecule has 0 saturated carbocycles. The zero-order valence-electron chi connectivity index (χ0n) is 16.2. The molecule has 8 heteroatoms. The summed E-state index contributed by atoms with van der Waals surface area (Å²) in [6, 6.07) is 9.02. The van der Waals surface area contributed by atoms with Crippen LogP contribution in [0.4, 0.5) is 5.13 Å². The Labute approximate surface area is 167 Å². The number of anilines is 1. The molecule has 0 spiro atoms. The molecule has 2 heterocycles. The SMILES string of the molecule is CC[C@H](OC(=O)c1cc(C)nc2ccccc12)C(=O)Nc1nnc(C(C)C)s1. The third-order valence-electron chi connectivity index (χ3n) is 4.14. The zero-order chi connectivity index (χ0) is 20.3. The molecule has 0 bridgehead atoms. The maximum absolute atomic E-state index is 12.8. The van der Waals surface area contributed by atoms with Crippen molar-refractivity contribution in [2.24, 2.45) is 0 Å². The first kappa shape index (κ1) is 19.9. The standard InChI is InChI=1S/C20H22N4O3S/c1-5-16(17(25)22-20-24-23-18(28-20)11(2)3)27-19(26)14-10-12(4)21-15-9-7-6-8-13(14)15/h6-11,16H,5H2,1-4H3,(H,22,24,25)/t16-/m0/s1. The van der Waals surface area contributed by atoms with Gasteiger partial charge in [0.2, 0.25) is 5.13 Å². The molecule has 146 valence electrons. The minimum absolute atomic E-state index is 0.228. The number of hydrogen-bond donors (Lipinski definition) is 1. The van der Waals surface area contributed by atoms with Crippen molar-refractivity contribution < 1.29 is 14.3 Å². The molecule has 0 aliphatic heterocycles. The van der Waals surface area contributed by atoms with E-state index in [9.17, 15) is 9.59 Å². The first-order valence-electron chi connectivity index (χ1n) is 9.10. The number of ether oxygens (including phenoxy) is 1. The van der Waals surface area contributed by atoms with Crippen LogP contribution in [0.3, 0.4) is 0 Å². The van der Waals surface area contributed by atoms with E-state index in [1.807, 2.05) is 45.0 Å². The molecule has 0 saturated heterocycles. The number of para-hydroxylation sites is 1. The van der Waals surface area contributed by atoms with Gasteiger partial charge in [0.25, 0.3) is 5.91 Å². The quantitative estimate of drug-likeness (QED) is 0.629. The Hall–Kier alpha value is -2.87. The Kier molecular flexibility index (Phi) is 5.99. The Balaban J connectivity index is 1.77. The lowest BCUT2D eigenvalue weighted by Gasteiger charge is -2.16. The predicted molar refractivity (Wildman–Crippen MR) is 109 cm³/mol. The topological polar surface area (TPSA) is 94.1 Å². The predicted octanol–water partition coefficient (Wildman–Crippen LogP) is 4.09. The first-order valence-corrected chi connectivity index (χ1v) is 9.92. The van der Waals surface area contributed by atoms with Gasteiger partial charge in [0.05, 0.1) is 11.1 Å². The summed E-state index contributed by atoms with van der Waals surface area (Å²) < 4.78 is 5.51. The van der Waals surface area contributed by atoms with Gasteiger partial charge in [-0.1, -0.05) is 50.3 Å². The summed E-state index contributed by atoms with van der Waals surface area (Å²) in [5, 5.41) is 12.6. The Morgan fingerprint density at radius 1 is 1.21 bits per heavy atom. The molecule has 0 unspecified atom stereocenters. The summed E-state index contributed by atoms with van der Waals surface area (Å²) in [6.45, 7) is 7.61. The van der Waals surface area contributed by atoms with Crippen molar-refractivity contribution in [3.8, 4) is 0 Å². The molecular weight excluding hydrogens is 376 g/mol. The van der Waals surface area contributed by atoms with Crippen molar-refractivity contribution in [2.75, 3.05) is 5.32 Å². The van der Waals surface area contributed by atoms with Gasteiger partial charge in [-0.05, 0) is 25.5 Å². The lowest BCUT2D eigenvalue weighted by Crippen LogP contribution is -2.32. The normalized spacial score (nSPS) is 12.2. The number of aromatic nitrogens is 3. The molecule has 7 nitrogen and oxygen atoms in total. The second-order valence-corrected chi connectivity index (χ2v) is 7.73. The number of carbonyl (C=O) groups is 2. The van der Waals surface area contributed by atoms with Crippen LogP contribution >= 0.6 is 11.3 Å². The van der Waals surface area contributed by atoms with Crippen LogP contribution in [0.5, 0.6) is 0 Å². The van der Waals surface area contributed by atoms with Crippen LogP contribution < -0.4 is 5.32 Å². The summed E-state index contributed by atoms with van der Waals surface area (Å²) in [6.07, 6.45) is -0.582. The fraction of sp³-hybridized carbons (Fsp3) is 0.350. The highest BCUT2D eigenvalue weighted by atomic mass is 32.1. The second-order valence-electron chi connectivity index (χ2n) is 6.72. The van der Waals surface area contributed by atoms with Crippen molar-refractivity contribution in [2.45, 2.75) is 46.1 Å². The number of nitrogens with zero attached hydrogens (tertiary/aromatic N) is 3. The highest BCUT2D eigenvalue weighted by Gasteiger charge is 2.24. The van der Waals surface area contributed by atoms with E-state index in [2.05, 4.69) is 20.5 Å². The van der Waals surface area contributed by atoms with Crippen LogP contribution in [0.2, 0.25) is 0 Å². The highest BCUT2D eigenvalue weighted by Crippen LogP contribution is 2.23. The molecule has 0 aliphatic rings. The van der Waals surface area contributed by atoms with E-state index in [4.69, 9.17) is 4.74 Å². The van der Waals surface area contributed by atoms with Gasteiger partial charge in [0, 0.05) is 17.0 Å². The summed E-state index contributed by atoms with van der Waals surface area (Å²) in [5.74, 6) is -0.743. The minimum Gasteiger partial charge on any atom is -0.449 e. The molecule has 2 aromatic heterocycles. The lowest BCUT2D eigenvalue weighted by atomic mass is 10.1. The van der Waals surface area contributed by atoms with E-state index < -0.39 is 18.0 Å². The smallest absolute Gasteiger partial charge is 0.339 e. The number of fused-ring (bicyclic) bond motifs is 1. The lowest BCUT2D eigenvalue weighted by molar-refractivity contribution is -0.124. The van der Waals surface area contributed by atoms with E-state index in [-0.39, 0.29) is 5.92 Å². The second kappa shape index (κ2) is 8.43. The first-order chi connectivity index (χ1) is 13.4. The molecule has 3 aromatic rings. The zero-order valence-corrected chi connectivity index (χ0v) is 17.0. The van der Waals surface area contributed by atoms with Crippen LogP contribution in [-0.4, -0.2) is 33.2 Å². The van der Waals surface area contributed by atoms with Gasteiger partial charge in [-0.3, -0.25) is 15.1 Å². The maximum Gasteiger partial charge on any atom is 0.339 e. The van der Waals surface area contributed by atoms with Gasteiger partial charge in [-0.15, -0.1) is 10.2 Å². The Morgan fingerprint density at radius 3 is 2.64 bits per heavy atom. The van der Waals surface area contributed by atoms with Crippen LogP contribution in [0.1, 0.15) is 54.2 Å². The Morgan fingerprint density at radius 2 is 1.96 bits per heavy atom. The summed E-state index contributed by atoms with van der Waals surface area (Å²) >= 11 is 1.31. The van der Waals surface area contributed by atoms with Crippen molar-refractivity contribution in [3.05, 3.63) is 46.6 Å². The van der Waals surface area contributed by atoms with Crippen molar-refractivity contribution in [1.82, 2.24) is 15.2 Å². The van der Waals surface area contributed by atoms with E-state index in [1.165, 1.54) is 11.3 Å². The monoisotopic (exact) mass is 398 g/mol.